The number of allylic oxidation sites excluding steroid dienone is 2. The summed E-state index contributed by atoms with van der Waals surface area (Å²) in [5.41, 5.74) is 0. The molecule has 1 aliphatic carbocycles. The molecule has 1 aliphatic heterocycles. The van der Waals surface area contributed by atoms with Gasteiger partial charge in [-0.2, -0.15) is 0 Å². The van der Waals surface area contributed by atoms with Crippen molar-refractivity contribution < 1.29 is 14.2 Å². The van der Waals surface area contributed by atoms with Crippen molar-refractivity contribution in [1.29, 1.82) is 0 Å². The lowest BCUT2D eigenvalue weighted by Crippen LogP contribution is -2.22. The molecule has 0 amide bonds. The van der Waals surface area contributed by atoms with Crippen LogP contribution in [0.1, 0.15) is 25.7 Å². The fraction of sp³-hybridized carbons (Fsp3) is 0.818. The fourth-order valence-electron chi connectivity index (χ4n) is 2.08. The standard InChI is InChI=1S/C11H18O3/c1-12-8-11-13-9-6-4-2-3-5-7-10(9)14-11/h2-3,9-11H,4-8H2,1H3/b3-2+. The maximum absolute atomic E-state index is 5.76. The van der Waals surface area contributed by atoms with Crippen molar-refractivity contribution in [3.63, 3.8) is 0 Å². The second-order valence-corrected chi connectivity index (χ2v) is 3.86. The molecule has 3 heteroatoms. The summed E-state index contributed by atoms with van der Waals surface area (Å²) in [5, 5.41) is 0. The monoisotopic (exact) mass is 198 g/mol. The molecular formula is C11H18O3. The third kappa shape index (κ3) is 2.35. The fourth-order valence-corrected chi connectivity index (χ4v) is 2.08. The van der Waals surface area contributed by atoms with E-state index in [2.05, 4.69) is 12.2 Å². The highest BCUT2D eigenvalue weighted by atomic mass is 16.7. The predicted molar refractivity (Wildman–Crippen MR) is 53.0 cm³/mol. The summed E-state index contributed by atoms with van der Waals surface area (Å²) < 4.78 is 16.5. The predicted octanol–water partition coefficient (Wildman–Crippen LogP) is 1.87. The molecule has 2 atom stereocenters. The van der Waals surface area contributed by atoms with Gasteiger partial charge >= 0.3 is 0 Å². The molecule has 2 unspecified atom stereocenters. The van der Waals surface area contributed by atoms with E-state index in [1.807, 2.05) is 0 Å². The van der Waals surface area contributed by atoms with Crippen molar-refractivity contribution >= 4 is 0 Å². The van der Waals surface area contributed by atoms with E-state index in [9.17, 15) is 0 Å². The minimum atomic E-state index is -0.145. The first-order valence-corrected chi connectivity index (χ1v) is 5.35. The average Bonchev–Trinajstić information content (AvgIpc) is 2.48. The van der Waals surface area contributed by atoms with E-state index in [0.29, 0.717) is 6.61 Å². The van der Waals surface area contributed by atoms with Gasteiger partial charge in [0.1, 0.15) is 0 Å². The van der Waals surface area contributed by atoms with Crippen LogP contribution in [0.3, 0.4) is 0 Å². The Morgan fingerprint density at radius 3 is 2.21 bits per heavy atom. The molecule has 0 aromatic rings. The highest BCUT2D eigenvalue weighted by Gasteiger charge is 2.35. The van der Waals surface area contributed by atoms with Crippen LogP contribution in [-0.4, -0.2) is 32.2 Å². The number of fused-ring (bicyclic) bond motifs is 1. The minimum Gasteiger partial charge on any atom is -0.379 e. The van der Waals surface area contributed by atoms with Crippen LogP contribution >= 0.6 is 0 Å². The van der Waals surface area contributed by atoms with Crippen LogP contribution in [0.15, 0.2) is 12.2 Å². The third-order valence-corrected chi connectivity index (χ3v) is 2.77. The Kier molecular flexibility index (Phi) is 3.56. The molecule has 0 radical (unpaired) electrons. The highest BCUT2D eigenvalue weighted by molar-refractivity contribution is 4.90. The molecule has 0 spiro atoms. The van der Waals surface area contributed by atoms with Gasteiger partial charge in [0.15, 0.2) is 6.29 Å². The van der Waals surface area contributed by atoms with Gasteiger partial charge < -0.3 is 14.2 Å². The lowest BCUT2D eigenvalue weighted by molar-refractivity contribution is -0.104. The topological polar surface area (TPSA) is 27.7 Å². The van der Waals surface area contributed by atoms with Crippen molar-refractivity contribution in [1.82, 2.24) is 0 Å². The summed E-state index contributed by atoms with van der Waals surface area (Å²) in [6.07, 6.45) is 9.23. The van der Waals surface area contributed by atoms with E-state index < -0.39 is 0 Å². The molecule has 0 bridgehead atoms. The molecule has 1 heterocycles. The number of rotatable bonds is 2. The molecule has 14 heavy (non-hydrogen) atoms. The molecule has 0 saturated carbocycles. The van der Waals surface area contributed by atoms with Crippen LogP contribution in [0.4, 0.5) is 0 Å². The van der Waals surface area contributed by atoms with Gasteiger partial charge in [-0.25, -0.2) is 0 Å². The Labute approximate surface area is 85.0 Å². The van der Waals surface area contributed by atoms with Gasteiger partial charge in [-0.15, -0.1) is 0 Å². The largest absolute Gasteiger partial charge is 0.379 e. The lowest BCUT2D eigenvalue weighted by Gasteiger charge is -2.16. The Hall–Kier alpha value is -0.380. The molecule has 2 aliphatic rings. The molecular weight excluding hydrogens is 180 g/mol. The summed E-state index contributed by atoms with van der Waals surface area (Å²) in [7, 11) is 1.68. The molecule has 3 nitrogen and oxygen atoms in total. The summed E-state index contributed by atoms with van der Waals surface area (Å²) in [6.45, 7) is 0.542. The Bertz CT molecular complexity index is 185. The van der Waals surface area contributed by atoms with Crippen LogP contribution in [-0.2, 0) is 14.2 Å². The first kappa shape index (κ1) is 10.1. The Balaban J connectivity index is 1.89. The van der Waals surface area contributed by atoms with E-state index >= 15 is 0 Å². The van der Waals surface area contributed by atoms with Crippen molar-refractivity contribution in [2.45, 2.75) is 44.2 Å². The molecule has 0 aromatic carbocycles. The Morgan fingerprint density at radius 1 is 1.14 bits per heavy atom. The van der Waals surface area contributed by atoms with Gasteiger partial charge in [-0.3, -0.25) is 0 Å². The van der Waals surface area contributed by atoms with E-state index in [4.69, 9.17) is 14.2 Å². The molecule has 0 N–H and O–H groups in total. The second-order valence-electron chi connectivity index (χ2n) is 3.86. The summed E-state index contributed by atoms with van der Waals surface area (Å²) in [4.78, 5) is 0. The van der Waals surface area contributed by atoms with Crippen molar-refractivity contribution in [2.24, 2.45) is 0 Å². The summed E-state index contributed by atoms with van der Waals surface area (Å²) >= 11 is 0. The summed E-state index contributed by atoms with van der Waals surface area (Å²) in [5.74, 6) is 0. The van der Waals surface area contributed by atoms with Crippen molar-refractivity contribution in [3.05, 3.63) is 12.2 Å². The zero-order valence-corrected chi connectivity index (χ0v) is 8.65. The molecule has 1 fully saturated rings. The van der Waals surface area contributed by atoms with Crippen LogP contribution in [0, 0.1) is 0 Å². The highest BCUT2D eigenvalue weighted by Crippen LogP contribution is 2.27. The van der Waals surface area contributed by atoms with Crippen LogP contribution in [0.5, 0.6) is 0 Å². The van der Waals surface area contributed by atoms with Gasteiger partial charge in [-0.1, -0.05) is 12.2 Å². The average molecular weight is 198 g/mol. The van der Waals surface area contributed by atoms with Gasteiger partial charge in [0, 0.05) is 7.11 Å². The SMILES string of the molecule is COCC1OC2CC/C=C/CCC2O1. The normalized spacial score (nSPS) is 39.9. The van der Waals surface area contributed by atoms with Crippen LogP contribution in [0.2, 0.25) is 0 Å². The summed E-state index contributed by atoms with van der Waals surface area (Å²) in [6, 6.07) is 0. The van der Waals surface area contributed by atoms with Gasteiger partial charge in [0.2, 0.25) is 0 Å². The molecule has 0 aromatic heterocycles. The van der Waals surface area contributed by atoms with Crippen molar-refractivity contribution in [2.75, 3.05) is 13.7 Å². The lowest BCUT2D eigenvalue weighted by atomic mass is 10.0. The zero-order chi connectivity index (χ0) is 9.80. The van der Waals surface area contributed by atoms with Crippen LogP contribution < -0.4 is 0 Å². The third-order valence-electron chi connectivity index (χ3n) is 2.77. The van der Waals surface area contributed by atoms with Gasteiger partial charge in [0.05, 0.1) is 18.8 Å². The number of methoxy groups -OCH3 is 1. The Morgan fingerprint density at radius 2 is 1.71 bits per heavy atom. The molecule has 80 valence electrons. The van der Waals surface area contributed by atoms with E-state index in [1.165, 1.54) is 0 Å². The van der Waals surface area contributed by atoms with E-state index in [0.717, 1.165) is 25.7 Å². The first-order chi connectivity index (χ1) is 6.90. The minimum absolute atomic E-state index is 0.145. The number of hydrogen-bond donors (Lipinski definition) is 0. The number of ether oxygens (including phenoxy) is 3. The van der Waals surface area contributed by atoms with E-state index in [-0.39, 0.29) is 18.5 Å². The van der Waals surface area contributed by atoms with Gasteiger partial charge in [-0.05, 0) is 25.7 Å². The smallest absolute Gasteiger partial charge is 0.181 e. The molecule has 1 saturated heterocycles. The molecule has 2 rings (SSSR count). The van der Waals surface area contributed by atoms with Crippen LogP contribution in [0.25, 0.3) is 0 Å². The number of hydrogen-bond acceptors (Lipinski definition) is 3. The van der Waals surface area contributed by atoms with Gasteiger partial charge in [0.25, 0.3) is 0 Å². The second kappa shape index (κ2) is 4.91. The maximum atomic E-state index is 5.76. The van der Waals surface area contributed by atoms with Crippen molar-refractivity contribution in [3.8, 4) is 0 Å². The maximum Gasteiger partial charge on any atom is 0.181 e. The van der Waals surface area contributed by atoms with E-state index in [1.54, 1.807) is 7.11 Å². The quantitative estimate of drug-likeness (QED) is 0.634. The first-order valence-electron chi connectivity index (χ1n) is 5.35. The zero-order valence-electron chi connectivity index (χ0n) is 8.65.